The van der Waals surface area contributed by atoms with Crippen LogP contribution in [0.5, 0.6) is 0 Å². The van der Waals surface area contributed by atoms with Gasteiger partial charge in [-0.05, 0) is 59.4 Å². The molecule has 2 aromatic carbocycles. The van der Waals surface area contributed by atoms with Gasteiger partial charge in [-0.2, -0.15) is 12.8 Å². The van der Waals surface area contributed by atoms with Gasteiger partial charge in [0.05, 0.1) is 37.6 Å². The zero-order chi connectivity index (χ0) is 24.5. The van der Waals surface area contributed by atoms with E-state index >= 15 is 0 Å². The lowest BCUT2D eigenvalue weighted by Crippen LogP contribution is -2.28. The van der Waals surface area contributed by atoms with E-state index in [4.69, 9.17) is 34.8 Å². The number of pyridine rings is 1. The predicted octanol–water partition coefficient (Wildman–Crippen LogP) is 5.99. The van der Waals surface area contributed by atoms with E-state index in [2.05, 4.69) is 19.4 Å². The van der Waals surface area contributed by atoms with E-state index < -0.39 is 15.9 Å². The van der Waals surface area contributed by atoms with Gasteiger partial charge in [0.25, 0.3) is 15.9 Å². The van der Waals surface area contributed by atoms with E-state index in [0.717, 1.165) is 17.1 Å². The van der Waals surface area contributed by atoms with Crippen LogP contribution in [0, 0.1) is 0 Å². The van der Waals surface area contributed by atoms with Crippen molar-refractivity contribution in [2.75, 3.05) is 11.3 Å². The molecule has 0 saturated carbocycles. The van der Waals surface area contributed by atoms with Crippen LogP contribution in [0.25, 0.3) is 10.1 Å². The van der Waals surface area contributed by atoms with Gasteiger partial charge in [0.2, 0.25) is 0 Å². The molecule has 4 aromatic rings. The molecule has 1 amide bonds. The predicted molar refractivity (Wildman–Crippen MR) is 137 cm³/mol. The Morgan fingerprint density at radius 1 is 1.09 bits per heavy atom. The number of benzene rings is 2. The van der Waals surface area contributed by atoms with Gasteiger partial charge in [-0.15, -0.1) is 0 Å². The van der Waals surface area contributed by atoms with Crippen molar-refractivity contribution in [3.05, 3.63) is 81.1 Å². The number of aromatic nitrogens is 2. The summed E-state index contributed by atoms with van der Waals surface area (Å²) in [5.74, 6) is -0.538. The molecule has 7 nitrogen and oxygen atoms in total. The third-order valence-corrected chi connectivity index (χ3v) is 8.11. The van der Waals surface area contributed by atoms with Crippen LogP contribution < -0.4 is 10.0 Å². The quantitative estimate of drug-likeness (QED) is 0.292. The summed E-state index contributed by atoms with van der Waals surface area (Å²) in [6.07, 6.45) is 2.84. The minimum atomic E-state index is -4.13. The van der Waals surface area contributed by atoms with Gasteiger partial charge in [0.15, 0.2) is 5.03 Å². The first-order chi connectivity index (χ1) is 16.2. The fourth-order valence-electron chi connectivity index (χ4n) is 3.26. The Labute approximate surface area is 215 Å². The highest BCUT2D eigenvalue weighted by Gasteiger charge is 2.23. The van der Waals surface area contributed by atoms with E-state index in [9.17, 15) is 13.2 Å². The normalized spacial score (nSPS) is 12.5. The number of hydrogen-bond acceptors (Lipinski definition) is 6. The Hall–Kier alpha value is -2.43. The van der Waals surface area contributed by atoms with Gasteiger partial charge in [-0.25, -0.2) is 4.98 Å². The average Bonchev–Trinajstić information content (AvgIpc) is 3.27. The fourth-order valence-corrected chi connectivity index (χ4v) is 5.65. The first-order valence-corrected chi connectivity index (χ1v) is 13.3. The van der Waals surface area contributed by atoms with Crippen molar-refractivity contribution in [1.29, 1.82) is 0 Å². The molecule has 0 radical (unpaired) electrons. The second kappa shape index (κ2) is 10.1. The number of nitrogens with one attached hydrogen (secondary N) is 2. The Kier molecular flexibility index (Phi) is 7.30. The van der Waals surface area contributed by atoms with Crippen molar-refractivity contribution >= 4 is 78.0 Å². The van der Waals surface area contributed by atoms with E-state index in [1.807, 2.05) is 13.0 Å². The number of carbonyl (C=O) groups excluding carboxylic acids is 1. The standard InChI is InChI=1S/C22H17Cl3N4O3S2/c1-12(13-2-5-17(24)18(25)8-13)10-27-21(30)15-4-3-14(23)9-19(15)29-34(31,32)22-16-11-28-33-20(16)6-7-26-22/h2-9,11-12,29H,10H2,1H3,(H,27,30). The molecule has 0 aliphatic carbocycles. The second-order valence-electron chi connectivity index (χ2n) is 7.43. The highest BCUT2D eigenvalue weighted by molar-refractivity contribution is 7.92. The summed E-state index contributed by atoms with van der Waals surface area (Å²) in [7, 11) is -4.13. The molecule has 0 bridgehead atoms. The topological polar surface area (TPSA) is 101 Å². The van der Waals surface area contributed by atoms with Crippen molar-refractivity contribution in [2.24, 2.45) is 0 Å². The minimum Gasteiger partial charge on any atom is -0.351 e. The van der Waals surface area contributed by atoms with Crippen LogP contribution in [-0.4, -0.2) is 30.2 Å². The third kappa shape index (κ3) is 5.29. The number of carbonyl (C=O) groups is 1. The van der Waals surface area contributed by atoms with Crippen LogP contribution in [0.3, 0.4) is 0 Å². The molecule has 34 heavy (non-hydrogen) atoms. The average molecular weight is 556 g/mol. The summed E-state index contributed by atoms with van der Waals surface area (Å²) in [6.45, 7) is 2.21. The van der Waals surface area contributed by atoms with Crippen molar-refractivity contribution in [3.63, 3.8) is 0 Å². The van der Waals surface area contributed by atoms with Crippen molar-refractivity contribution in [1.82, 2.24) is 14.7 Å². The SMILES string of the molecule is CC(CNC(=O)c1ccc(Cl)cc1NS(=O)(=O)c1nccc2sncc12)c1ccc(Cl)c(Cl)c1. The molecule has 2 heterocycles. The van der Waals surface area contributed by atoms with E-state index in [0.29, 0.717) is 20.1 Å². The highest BCUT2D eigenvalue weighted by atomic mass is 35.5. The van der Waals surface area contributed by atoms with Crippen LogP contribution in [0.4, 0.5) is 5.69 Å². The molecule has 1 atom stereocenters. The van der Waals surface area contributed by atoms with Gasteiger partial charge in [0.1, 0.15) is 0 Å². The molecule has 0 aliphatic heterocycles. The molecule has 0 spiro atoms. The number of halogens is 3. The molecule has 0 fully saturated rings. The zero-order valence-corrected chi connectivity index (χ0v) is 21.5. The van der Waals surface area contributed by atoms with Gasteiger partial charge >= 0.3 is 0 Å². The van der Waals surface area contributed by atoms with Crippen LogP contribution in [0.15, 0.2) is 59.9 Å². The molecular formula is C22H17Cl3N4O3S2. The van der Waals surface area contributed by atoms with Crippen molar-refractivity contribution in [2.45, 2.75) is 17.9 Å². The lowest BCUT2D eigenvalue weighted by molar-refractivity contribution is 0.0952. The van der Waals surface area contributed by atoms with Gasteiger partial charge < -0.3 is 5.32 Å². The molecule has 1 unspecified atom stereocenters. The molecule has 2 N–H and O–H groups in total. The Morgan fingerprint density at radius 2 is 1.88 bits per heavy atom. The molecule has 0 saturated heterocycles. The summed E-state index contributed by atoms with van der Waals surface area (Å²) in [4.78, 5) is 17.0. The maximum atomic E-state index is 13.1. The van der Waals surface area contributed by atoms with Gasteiger partial charge in [0, 0.05) is 17.8 Å². The molecule has 0 aliphatic rings. The maximum Gasteiger partial charge on any atom is 0.280 e. The summed E-state index contributed by atoms with van der Waals surface area (Å²) >= 11 is 19.3. The Morgan fingerprint density at radius 3 is 2.65 bits per heavy atom. The van der Waals surface area contributed by atoms with Crippen molar-refractivity contribution < 1.29 is 13.2 Å². The number of fused-ring (bicyclic) bond motifs is 1. The summed E-state index contributed by atoms with van der Waals surface area (Å²) in [6, 6.07) is 11.3. The van der Waals surface area contributed by atoms with Crippen LogP contribution in [0.2, 0.25) is 15.1 Å². The fraction of sp³-hybridized carbons (Fsp3) is 0.136. The molecular weight excluding hydrogens is 539 g/mol. The molecule has 2 aromatic heterocycles. The van der Waals surface area contributed by atoms with E-state index in [1.54, 1.807) is 18.2 Å². The molecule has 12 heteroatoms. The Balaban J connectivity index is 1.56. The number of sulfonamides is 1. The summed E-state index contributed by atoms with van der Waals surface area (Å²) in [5.41, 5.74) is 1.05. The Bertz CT molecular complexity index is 1490. The van der Waals surface area contributed by atoms with Crippen LogP contribution in [-0.2, 0) is 10.0 Å². The zero-order valence-electron chi connectivity index (χ0n) is 17.6. The van der Waals surface area contributed by atoms with E-state index in [-0.39, 0.29) is 33.8 Å². The van der Waals surface area contributed by atoms with Crippen LogP contribution in [0.1, 0.15) is 28.8 Å². The third-order valence-electron chi connectivity index (χ3n) is 5.05. The smallest absolute Gasteiger partial charge is 0.280 e. The largest absolute Gasteiger partial charge is 0.351 e. The summed E-state index contributed by atoms with van der Waals surface area (Å²) in [5, 5.41) is 4.18. The lowest BCUT2D eigenvalue weighted by atomic mass is 10.0. The van der Waals surface area contributed by atoms with Crippen LogP contribution >= 0.6 is 46.3 Å². The number of hydrogen-bond donors (Lipinski definition) is 2. The minimum absolute atomic E-state index is 0.0363. The van der Waals surface area contributed by atoms with Gasteiger partial charge in [-0.3, -0.25) is 9.52 Å². The summed E-state index contributed by atoms with van der Waals surface area (Å²) < 4.78 is 33.4. The van der Waals surface area contributed by atoms with Gasteiger partial charge in [-0.1, -0.05) is 47.8 Å². The number of rotatable bonds is 7. The first-order valence-electron chi connectivity index (χ1n) is 9.90. The lowest BCUT2D eigenvalue weighted by Gasteiger charge is -2.16. The highest BCUT2D eigenvalue weighted by Crippen LogP contribution is 2.29. The first kappa shape index (κ1) is 24.7. The van der Waals surface area contributed by atoms with E-state index in [1.165, 1.54) is 30.6 Å². The molecule has 176 valence electrons. The monoisotopic (exact) mass is 554 g/mol. The van der Waals surface area contributed by atoms with Crippen molar-refractivity contribution in [3.8, 4) is 0 Å². The maximum absolute atomic E-state index is 13.1. The second-order valence-corrected chi connectivity index (χ2v) is 11.1. The number of anilines is 1. The molecule has 4 rings (SSSR count). The number of nitrogens with zero attached hydrogens (tertiary/aromatic N) is 2. The number of amides is 1.